The summed E-state index contributed by atoms with van der Waals surface area (Å²) in [6.45, 7) is 2.08. The molecule has 9 heteroatoms. The van der Waals surface area contributed by atoms with Gasteiger partial charge in [0.2, 0.25) is 5.91 Å². The van der Waals surface area contributed by atoms with Gasteiger partial charge < -0.3 is 15.2 Å². The Bertz CT molecular complexity index is 873. The van der Waals surface area contributed by atoms with E-state index in [0.717, 1.165) is 4.88 Å². The van der Waals surface area contributed by atoms with Crippen LogP contribution < -0.4 is 16.6 Å². The van der Waals surface area contributed by atoms with Crippen LogP contribution >= 0.6 is 11.3 Å². The number of H-pyrrole nitrogens is 1. The number of carbonyl (C=O) groups is 1. The number of aliphatic hydroxyl groups excluding tert-OH is 1. The second kappa shape index (κ2) is 7.98. The normalized spacial score (nSPS) is 22.5. The summed E-state index contributed by atoms with van der Waals surface area (Å²) in [6, 6.07) is 3.87. The van der Waals surface area contributed by atoms with Crippen LogP contribution in [0.4, 0.5) is 0 Å². The molecule has 0 bridgehead atoms. The minimum absolute atomic E-state index is 0.116. The zero-order chi connectivity index (χ0) is 18.7. The molecule has 1 amide bonds. The number of aliphatic hydroxyl groups is 1. The van der Waals surface area contributed by atoms with Crippen molar-refractivity contribution in [1.82, 2.24) is 14.9 Å². The van der Waals surface area contributed by atoms with Crippen molar-refractivity contribution in [1.29, 1.82) is 0 Å². The summed E-state index contributed by atoms with van der Waals surface area (Å²) in [5, 5.41) is 15.0. The van der Waals surface area contributed by atoms with E-state index in [1.165, 1.54) is 10.8 Å². The number of rotatable bonds is 6. The van der Waals surface area contributed by atoms with Crippen molar-refractivity contribution in [2.75, 3.05) is 0 Å². The third-order valence-electron chi connectivity index (χ3n) is 4.36. The number of nitrogens with zero attached hydrogens (tertiary/aromatic N) is 1. The number of aromatic nitrogens is 2. The van der Waals surface area contributed by atoms with E-state index in [-0.39, 0.29) is 18.7 Å². The van der Waals surface area contributed by atoms with Gasteiger partial charge in [0.25, 0.3) is 5.56 Å². The minimum Gasteiger partial charge on any atom is -0.390 e. The molecule has 0 saturated carbocycles. The molecule has 1 aliphatic heterocycles. The lowest BCUT2D eigenvalue weighted by molar-refractivity contribution is -0.122. The number of hydrogen-bond donors (Lipinski definition) is 3. The molecule has 3 heterocycles. The van der Waals surface area contributed by atoms with Crippen LogP contribution in [0.25, 0.3) is 0 Å². The fraction of sp³-hybridized carbons (Fsp3) is 0.471. The zero-order valence-electron chi connectivity index (χ0n) is 14.3. The van der Waals surface area contributed by atoms with Crippen molar-refractivity contribution in [3.05, 3.63) is 55.0 Å². The first-order valence-electron chi connectivity index (χ1n) is 8.38. The van der Waals surface area contributed by atoms with E-state index in [4.69, 9.17) is 4.74 Å². The maximum absolute atomic E-state index is 12.0. The Morgan fingerprint density at radius 3 is 3.04 bits per heavy atom. The highest BCUT2D eigenvalue weighted by Crippen LogP contribution is 2.30. The van der Waals surface area contributed by atoms with E-state index in [2.05, 4.69) is 10.3 Å². The lowest BCUT2D eigenvalue weighted by Crippen LogP contribution is -2.33. The van der Waals surface area contributed by atoms with Crippen LogP contribution in [0.1, 0.15) is 35.9 Å². The van der Waals surface area contributed by atoms with E-state index < -0.39 is 29.7 Å². The van der Waals surface area contributed by atoms with Crippen molar-refractivity contribution in [2.24, 2.45) is 0 Å². The fourth-order valence-electron chi connectivity index (χ4n) is 2.91. The Balaban J connectivity index is 1.54. The number of ether oxygens (including phenoxy) is 1. The molecule has 0 aromatic carbocycles. The van der Waals surface area contributed by atoms with Gasteiger partial charge in [-0.3, -0.25) is 19.1 Å². The predicted octanol–water partition coefficient (Wildman–Crippen LogP) is 0.652. The molecular formula is C17H21N3O5S. The third kappa shape index (κ3) is 4.29. The molecule has 0 radical (unpaired) electrons. The standard InChI is InChI=1S/C17H21N3O5S/c1-10-9-20(17(24)19-16(10)23)15-7-12(21)13(25-15)4-5-14(22)18-8-11-3-2-6-26-11/h2-3,6,9,12-13,15,21H,4-5,7-8H2,1H3,(H,18,22)(H,19,23,24)/t12-,13+,15+/m0/s1. The fourth-order valence-corrected chi connectivity index (χ4v) is 3.55. The minimum atomic E-state index is -0.774. The summed E-state index contributed by atoms with van der Waals surface area (Å²) in [4.78, 5) is 38.6. The molecule has 1 saturated heterocycles. The molecule has 140 valence electrons. The number of thiophene rings is 1. The highest BCUT2D eigenvalue weighted by molar-refractivity contribution is 7.09. The summed E-state index contributed by atoms with van der Waals surface area (Å²) in [5.41, 5.74) is -0.630. The van der Waals surface area contributed by atoms with Gasteiger partial charge in [-0.1, -0.05) is 6.07 Å². The Kier molecular flexibility index (Phi) is 5.70. The third-order valence-corrected chi connectivity index (χ3v) is 5.23. The SMILES string of the molecule is Cc1cn([C@H]2C[C@H](O)[C@@H](CCC(=O)NCc3cccs3)O2)c(=O)[nH]c1=O. The molecule has 0 spiro atoms. The quantitative estimate of drug-likeness (QED) is 0.682. The number of aromatic amines is 1. The molecular weight excluding hydrogens is 358 g/mol. The van der Waals surface area contributed by atoms with Crippen LogP contribution in [0.2, 0.25) is 0 Å². The van der Waals surface area contributed by atoms with Crippen LogP contribution in [0.3, 0.4) is 0 Å². The number of carbonyl (C=O) groups excluding carboxylic acids is 1. The smallest absolute Gasteiger partial charge is 0.330 e. The average Bonchev–Trinajstić information content (AvgIpc) is 3.24. The summed E-state index contributed by atoms with van der Waals surface area (Å²) < 4.78 is 7.02. The van der Waals surface area contributed by atoms with Crippen molar-refractivity contribution in [3.8, 4) is 0 Å². The van der Waals surface area contributed by atoms with Crippen LogP contribution in [-0.2, 0) is 16.1 Å². The number of amides is 1. The first-order chi connectivity index (χ1) is 12.4. The average molecular weight is 379 g/mol. The molecule has 1 fully saturated rings. The first-order valence-corrected chi connectivity index (χ1v) is 9.26. The van der Waals surface area contributed by atoms with Gasteiger partial charge in [-0.05, 0) is 24.8 Å². The molecule has 3 rings (SSSR count). The molecule has 1 aliphatic rings. The Morgan fingerprint density at radius 1 is 1.50 bits per heavy atom. The Morgan fingerprint density at radius 2 is 2.31 bits per heavy atom. The van der Waals surface area contributed by atoms with Crippen molar-refractivity contribution >= 4 is 17.2 Å². The zero-order valence-corrected chi connectivity index (χ0v) is 15.1. The number of nitrogens with one attached hydrogen (secondary N) is 2. The van der Waals surface area contributed by atoms with Gasteiger partial charge in [0, 0.05) is 29.5 Å². The molecule has 2 aromatic heterocycles. The summed E-state index contributed by atoms with van der Waals surface area (Å²) in [5.74, 6) is -0.116. The van der Waals surface area contributed by atoms with Gasteiger partial charge in [0.15, 0.2) is 0 Å². The van der Waals surface area contributed by atoms with E-state index in [1.54, 1.807) is 18.3 Å². The molecule has 8 nitrogen and oxygen atoms in total. The van der Waals surface area contributed by atoms with Crippen LogP contribution in [0.5, 0.6) is 0 Å². The molecule has 0 unspecified atom stereocenters. The van der Waals surface area contributed by atoms with E-state index in [9.17, 15) is 19.5 Å². The predicted molar refractivity (Wildman–Crippen MR) is 96.0 cm³/mol. The van der Waals surface area contributed by atoms with E-state index in [1.807, 2.05) is 17.5 Å². The first kappa shape index (κ1) is 18.6. The Hall–Kier alpha value is -2.23. The van der Waals surface area contributed by atoms with E-state index in [0.29, 0.717) is 18.5 Å². The van der Waals surface area contributed by atoms with Crippen molar-refractivity contribution in [2.45, 2.75) is 51.2 Å². The number of aryl methyl sites for hydroxylation is 1. The Labute approximate surface area is 153 Å². The van der Waals surface area contributed by atoms with Crippen molar-refractivity contribution < 1.29 is 14.6 Å². The molecule has 26 heavy (non-hydrogen) atoms. The molecule has 3 atom stereocenters. The summed E-state index contributed by atoms with van der Waals surface area (Å²) >= 11 is 1.57. The van der Waals surface area contributed by atoms with E-state index >= 15 is 0 Å². The maximum atomic E-state index is 12.0. The van der Waals surface area contributed by atoms with Gasteiger partial charge in [0.1, 0.15) is 6.23 Å². The number of hydrogen-bond acceptors (Lipinski definition) is 6. The molecule has 2 aromatic rings. The lowest BCUT2D eigenvalue weighted by Gasteiger charge is -2.16. The highest BCUT2D eigenvalue weighted by atomic mass is 32.1. The molecule has 3 N–H and O–H groups in total. The van der Waals surface area contributed by atoms with Crippen LogP contribution in [0.15, 0.2) is 33.3 Å². The monoisotopic (exact) mass is 379 g/mol. The maximum Gasteiger partial charge on any atom is 0.330 e. The van der Waals surface area contributed by atoms with Crippen LogP contribution in [-0.4, -0.2) is 32.8 Å². The second-order valence-corrected chi connectivity index (χ2v) is 7.34. The van der Waals surface area contributed by atoms with Gasteiger partial charge in [-0.15, -0.1) is 11.3 Å². The van der Waals surface area contributed by atoms with Gasteiger partial charge >= 0.3 is 5.69 Å². The van der Waals surface area contributed by atoms with Crippen LogP contribution in [0, 0.1) is 6.92 Å². The highest BCUT2D eigenvalue weighted by Gasteiger charge is 2.35. The second-order valence-electron chi connectivity index (χ2n) is 6.31. The summed E-state index contributed by atoms with van der Waals surface area (Å²) in [7, 11) is 0. The largest absolute Gasteiger partial charge is 0.390 e. The molecule has 0 aliphatic carbocycles. The van der Waals surface area contributed by atoms with Crippen molar-refractivity contribution in [3.63, 3.8) is 0 Å². The topological polar surface area (TPSA) is 113 Å². The summed E-state index contributed by atoms with van der Waals surface area (Å²) in [6.07, 6.45) is 0.259. The van der Waals surface area contributed by atoms with Gasteiger partial charge in [0.05, 0.1) is 18.8 Å². The van der Waals surface area contributed by atoms with Gasteiger partial charge in [-0.25, -0.2) is 4.79 Å². The lowest BCUT2D eigenvalue weighted by atomic mass is 10.1. The van der Waals surface area contributed by atoms with Gasteiger partial charge in [-0.2, -0.15) is 0 Å².